The monoisotopic (exact) mass is 354 g/mol. The highest BCUT2D eigenvalue weighted by Gasteiger charge is 2.19. The zero-order valence-electron chi connectivity index (χ0n) is 15.8. The molecule has 0 bridgehead atoms. The van der Waals surface area contributed by atoms with Gasteiger partial charge >= 0.3 is 6.03 Å². The Bertz CT molecular complexity index is 775. The zero-order valence-corrected chi connectivity index (χ0v) is 15.8. The number of aryl methyl sites for hydroxylation is 3. The first kappa shape index (κ1) is 18.1. The second-order valence-corrected chi connectivity index (χ2v) is 6.75. The van der Waals surface area contributed by atoms with Gasteiger partial charge in [0.25, 0.3) is 0 Å². The molecule has 1 saturated heterocycles. The molecule has 3 rings (SSSR count). The second-order valence-electron chi connectivity index (χ2n) is 6.75. The minimum Gasteiger partial charge on any atom is -0.338 e. The summed E-state index contributed by atoms with van der Waals surface area (Å²) in [5.41, 5.74) is 4.00. The van der Waals surface area contributed by atoms with E-state index in [4.69, 9.17) is 0 Å². The number of nitrogens with one attached hydrogen (secondary N) is 2. The van der Waals surface area contributed by atoms with E-state index in [1.807, 2.05) is 45.0 Å². The van der Waals surface area contributed by atoms with Crippen molar-refractivity contribution < 1.29 is 4.79 Å². The van der Waals surface area contributed by atoms with E-state index in [1.54, 1.807) is 0 Å². The van der Waals surface area contributed by atoms with Crippen molar-refractivity contribution in [3.8, 4) is 0 Å². The first-order valence-electron chi connectivity index (χ1n) is 8.86. The standard InChI is InChI=1S/C19H26N6O/c1-13-7-5-6-8-16(13)22-19(26)23-17-14(2)20-18(21-15(17)3)25-11-9-24(4)10-12-25/h5-8H,9-12H2,1-4H3,(H2,22,23,26). The molecule has 138 valence electrons. The lowest BCUT2D eigenvalue weighted by molar-refractivity contribution is 0.262. The van der Waals surface area contributed by atoms with E-state index in [2.05, 4.69) is 37.4 Å². The Labute approximate surface area is 154 Å². The predicted octanol–water partition coefficient (Wildman–Crippen LogP) is 2.80. The summed E-state index contributed by atoms with van der Waals surface area (Å²) >= 11 is 0. The van der Waals surface area contributed by atoms with E-state index in [1.165, 1.54) is 0 Å². The summed E-state index contributed by atoms with van der Waals surface area (Å²) in [5, 5.41) is 5.76. The Hall–Kier alpha value is -2.67. The molecule has 0 spiro atoms. The average molecular weight is 354 g/mol. The molecule has 7 nitrogen and oxygen atoms in total. The molecular formula is C19H26N6O. The number of amides is 2. The van der Waals surface area contributed by atoms with Crippen molar-refractivity contribution in [2.45, 2.75) is 20.8 Å². The fourth-order valence-corrected chi connectivity index (χ4v) is 3.01. The van der Waals surface area contributed by atoms with E-state index in [9.17, 15) is 4.79 Å². The molecule has 0 unspecified atom stereocenters. The third-order valence-electron chi connectivity index (χ3n) is 4.68. The molecule has 0 aliphatic carbocycles. The van der Waals surface area contributed by atoms with Crippen molar-refractivity contribution >= 4 is 23.4 Å². The van der Waals surface area contributed by atoms with Crippen molar-refractivity contribution in [3.05, 3.63) is 41.2 Å². The fourth-order valence-electron chi connectivity index (χ4n) is 3.01. The van der Waals surface area contributed by atoms with Crippen LogP contribution >= 0.6 is 0 Å². The highest BCUT2D eigenvalue weighted by Crippen LogP contribution is 2.22. The molecule has 2 N–H and O–H groups in total. The van der Waals surface area contributed by atoms with Gasteiger partial charge in [-0.25, -0.2) is 14.8 Å². The van der Waals surface area contributed by atoms with Crippen molar-refractivity contribution in [1.29, 1.82) is 0 Å². The van der Waals surface area contributed by atoms with Gasteiger partial charge in [-0.2, -0.15) is 0 Å². The summed E-state index contributed by atoms with van der Waals surface area (Å²) in [6, 6.07) is 7.38. The number of carbonyl (C=O) groups excluding carboxylic acids is 1. The SMILES string of the molecule is Cc1ccccc1NC(=O)Nc1c(C)nc(N2CCN(C)CC2)nc1C. The number of benzene rings is 1. The molecule has 7 heteroatoms. The van der Waals surface area contributed by atoms with E-state index in [0.29, 0.717) is 5.69 Å². The van der Waals surface area contributed by atoms with Crippen molar-refractivity contribution in [2.75, 3.05) is 48.8 Å². The van der Waals surface area contributed by atoms with Gasteiger partial charge in [0.2, 0.25) is 5.95 Å². The number of piperazine rings is 1. The van der Waals surface area contributed by atoms with Crippen LogP contribution in [0, 0.1) is 20.8 Å². The third kappa shape index (κ3) is 4.11. The quantitative estimate of drug-likeness (QED) is 0.887. The van der Waals surface area contributed by atoms with E-state index in [-0.39, 0.29) is 6.03 Å². The molecule has 1 aliphatic heterocycles. The molecule has 26 heavy (non-hydrogen) atoms. The average Bonchev–Trinajstić information content (AvgIpc) is 2.60. The van der Waals surface area contributed by atoms with E-state index in [0.717, 1.165) is 54.8 Å². The lowest BCUT2D eigenvalue weighted by atomic mass is 10.2. The summed E-state index contributed by atoms with van der Waals surface area (Å²) in [6.45, 7) is 9.59. The Morgan fingerprint density at radius 2 is 1.58 bits per heavy atom. The van der Waals surface area contributed by atoms with Gasteiger partial charge in [0.15, 0.2) is 0 Å². The highest BCUT2D eigenvalue weighted by atomic mass is 16.2. The number of carbonyl (C=O) groups is 1. The van der Waals surface area contributed by atoms with Crippen LogP contribution in [0.15, 0.2) is 24.3 Å². The molecule has 1 fully saturated rings. The predicted molar refractivity (Wildman–Crippen MR) is 105 cm³/mol. The highest BCUT2D eigenvalue weighted by molar-refractivity contribution is 6.00. The number of likely N-dealkylation sites (N-methyl/N-ethyl adjacent to an activating group) is 1. The molecule has 2 aromatic rings. The maximum atomic E-state index is 12.4. The fraction of sp³-hybridized carbons (Fsp3) is 0.421. The number of anilines is 3. The summed E-state index contributed by atoms with van der Waals surface area (Å²) in [7, 11) is 2.12. The Balaban J connectivity index is 1.72. The van der Waals surface area contributed by atoms with Gasteiger partial charge < -0.3 is 20.4 Å². The number of urea groups is 1. The molecule has 1 aromatic carbocycles. The minimum absolute atomic E-state index is 0.290. The van der Waals surface area contributed by atoms with E-state index >= 15 is 0 Å². The maximum absolute atomic E-state index is 12.4. The molecule has 0 saturated carbocycles. The summed E-state index contributed by atoms with van der Waals surface area (Å²) < 4.78 is 0. The van der Waals surface area contributed by atoms with Crippen LogP contribution in [0.3, 0.4) is 0 Å². The van der Waals surface area contributed by atoms with Crippen LogP contribution < -0.4 is 15.5 Å². The van der Waals surface area contributed by atoms with Crippen molar-refractivity contribution in [1.82, 2.24) is 14.9 Å². The number of rotatable bonds is 3. The largest absolute Gasteiger partial charge is 0.338 e. The van der Waals surface area contributed by atoms with Gasteiger partial charge in [-0.3, -0.25) is 0 Å². The number of hydrogen-bond acceptors (Lipinski definition) is 5. The number of aromatic nitrogens is 2. The molecular weight excluding hydrogens is 328 g/mol. The minimum atomic E-state index is -0.290. The Morgan fingerprint density at radius 1 is 0.962 bits per heavy atom. The molecule has 2 amide bonds. The van der Waals surface area contributed by atoms with Gasteiger partial charge in [0, 0.05) is 31.9 Å². The molecule has 1 aromatic heterocycles. The van der Waals surface area contributed by atoms with Gasteiger partial charge in [-0.1, -0.05) is 18.2 Å². The van der Waals surface area contributed by atoms with Crippen LogP contribution in [0.1, 0.15) is 17.0 Å². The number of hydrogen-bond donors (Lipinski definition) is 2. The number of para-hydroxylation sites is 1. The summed E-state index contributed by atoms with van der Waals surface area (Å²) in [5.74, 6) is 0.734. The van der Waals surface area contributed by atoms with E-state index < -0.39 is 0 Å². The first-order valence-corrected chi connectivity index (χ1v) is 8.86. The molecule has 2 heterocycles. The van der Waals surface area contributed by atoms with Gasteiger partial charge in [0.1, 0.15) is 0 Å². The normalized spacial score (nSPS) is 15.0. The van der Waals surface area contributed by atoms with Gasteiger partial charge in [-0.05, 0) is 39.4 Å². The smallest absolute Gasteiger partial charge is 0.323 e. The molecule has 1 aliphatic rings. The van der Waals surface area contributed by atoms with Crippen LogP contribution in [0.25, 0.3) is 0 Å². The number of nitrogens with zero attached hydrogens (tertiary/aromatic N) is 4. The van der Waals surface area contributed by atoms with Crippen molar-refractivity contribution in [2.24, 2.45) is 0 Å². The van der Waals surface area contributed by atoms with Crippen LogP contribution in [0.4, 0.5) is 22.1 Å². The van der Waals surface area contributed by atoms with Crippen LogP contribution in [-0.4, -0.2) is 54.1 Å². The van der Waals surface area contributed by atoms with Crippen LogP contribution in [0.5, 0.6) is 0 Å². The van der Waals surface area contributed by atoms with Crippen molar-refractivity contribution in [3.63, 3.8) is 0 Å². The zero-order chi connectivity index (χ0) is 18.7. The van der Waals surface area contributed by atoms with Gasteiger partial charge in [-0.15, -0.1) is 0 Å². The topological polar surface area (TPSA) is 73.4 Å². The van der Waals surface area contributed by atoms with Crippen LogP contribution in [-0.2, 0) is 0 Å². The molecule has 0 radical (unpaired) electrons. The first-order chi connectivity index (χ1) is 12.4. The summed E-state index contributed by atoms with van der Waals surface area (Å²) in [4.78, 5) is 26.1. The second kappa shape index (κ2) is 7.70. The molecule has 0 atom stereocenters. The Kier molecular flexibility index (Phi) is 5.37. The summed E-state index contributed by atoms with van der Waals surface area (Å²) in [6.07, 6.45) is 0. The maximum Gasteiger partial charge on any atom is 0.323 e. The Morgan fingerprint density at radius 3 is 2.19 bits per heavy atom. The lowest BCUT2D eigenvalue weighted by Gasteiger charge is -2.32. The van der Waals surface area contributed by atoms with Crippen LogP contribution in [0.2, 0.25) is 0 Å². The third-order valence-corrected chi connectivity index (χ3v) is 4.68. The van der Waals surface area contributed by atoms with Gasteiger partial charge in [0.05, 0.1) is 17.1 Å². The lowest BCUT2D eigenvalue weighted by Crippen LogP contribution is -2.45.